The second kappa shape index (κ2) is 7.53. The van der Waals surface area contributed by atoms with Gasteiger partial charge in [0.15, 0.2) is 0 Å². The topological polar surface area (TPSA) is 70.2 Å². The van der Waals surface area contributed by atoms with E-state index in [1.807, 2.05) is 12.1 Å². The summed E-state index contributed by atoms with van der Waals surface area (Å²) in [4.78, 5) is 14.3. The Morgan fingerprint density at radius 3 is 2.71 bits per heavy atom. The fourth-order valence-electron chi connectivity index (χ4n) is 5.49. The Kier molecular flexibility index (Phi) is 4.42. The third-order valence-electron chi connectivity index (χ3n) is 7.62. The average Bonchev–Trinajstić information content (AvgIpc) is 3.21. The maximum absolute atomic E-state index is 6.18. The smallest absolute Gasteiger partial charge is 0.132 e. The molecule has 2 atom stereocenters. The zero-order valence-corrected chi connectivity index (χ0v) is 19.3. The van der Waals surface area contributed by atoms with Gasteiger partial charge in [0.05, 0.1) is 11.2 Å². The molecule has 2 aromatic heterocycles. The van der Waals surface area contributed by atoms with E-state index in [1.165, 1.54) is 12.0 Å². The molecule has 2 bridgehead atoms. The second-order valence-electron chi connectivity index (χ2n) is 10.2. The summed E-state index contributed by atoms with van der Waals surface area (Å²) in [6.45, 7) is 5.26. The van der Waals surface area contributed by atoms with Crippen LogP contribution in [0.25, 0.3) is 22.3 Å². The number of rotatable bonds is 6. The van der Waals surface area contributed by atoms with Crippen LogP contribution in [0.3, 0.4) is 0 Å². The van der Waals surface area contributed by atoms with E-state index in [2.05, 4.69) is 79.4 Å². The van der Waals surface area contributed by atoms with Gasteiger partial charge in [0.25, 0.3) is 0 Å². The summed E-state index contributed by atoms with van der Waals surface area (Å²) in [6.07, 6.45) is 5.08. The Morgan fingerprint density at radius 1 is 1.03 bits per heavy atom. The SMILES string of the molecule is CC1(Oc2ccc3[nH]nc(-c4cc(N5CC6CC5CN6Cc5ccccc5)ncn4)c3c2)CC1. The third-order valence-corrected chi connectivity index (χ3v) is 7.62. The van der Waals surface area contributed by atoms with Crippen molar-refractivity contribution in [3.63, 3.8) is 0 Å². The van der Waals surface area contributed by atoms with Crippen molar-refractivity contribution in [2.45, 2.75) is 50.4 Å². The maximum atomic E-state index is 6.18. The van der Waals surface area contributed by atoms with Crippen molar-refractivity contribution in [3.05, 3.63) is 66.5 Å². The first-order valence-electron chi connectivity index (χ1n) is 12.2. The number of nitrogens with zero attached hydrogens (tertiary/aromatic N) is 5. The van der Waals surface area contributed by atoms with Crippen LogP contribution >= 0.6 is 0 Å². The fourth-order valence-corrected chi connectivity index (χ4v) is 5.49. The minimum absolute atomic E-state index is 0.0108. The number of likely N-dealkylation sites (tertiary alicyclic amines) is 1. The van der Waals surface area contributed by atoms with Gasteiger partial charge in [-0.2, -0.15) is 5.10 Å². The summed E-state index contributed by atoms with van der Waals surface area (Å²) >= 11 is 0. The monoisotopic (exact) mass is 452 g/mol. The highest BCUT2D eigenvalue weighted by molar-refractivity contribution is 5.93. The van der Waals surface area contributed by atoms with Crippen LogP contribution in [-0.4, -0.2) is 55.8 Å². The zero-order valence-electron chi connectivity index (χ0n) is 19.3. The van der Waals surface area contributed by atoms with Crippen LogP contribution in [0.15, 0.2) is 60.9 Å². The van der Waals surface area contributed by atoms with Gasteiger partial charge in [-0.1, -0.05) is 30.3 Å². The van der Waals surface area contributed by atoms with Gasteiger partial charge in [-0.25, -0.2) is 9.97 Å². The summed E-state index contributed by atoms with van der Waals surface area (Å²) in [5.41, 5.74) is 4.05. The van der Waals surface area contributed by atoms with Crippen LogP contribution in [0, 0.1) is 0 Å². The van der Waals surface area contributed by atoms with Crippen LogP contribution in [0.4, 0.5) is 5.82 Å². The summed E-state index contributed by atoms with van der Waals surface area (Å²) < 4.78 is 6.18. The highest BCUT2D eigenvalue weighted by Gasteiger charge is 2.43. The highest BCUT2D eigenvalue weighted by Crippen LogP contribution is 2.41. The summed E-state index contributed by atoms with van der Waals surface area (Å²) in [5, 5.41) is 8.78. The molecule has 3 aliphatic rings. The second-order valence-corrected chi connectivity index (χ2v) is 10.2. The molecule has 7 nitrogen and oxygen atoms in total. The Labute approximate surface area is 198 Å². The molecular weight excluding hydrogens is 424 g/mol. The first-order chi connectivity index (χ1) is 16.6. The molecule has 1 N–H and O–H groups in total. The molecule has 34 heavy (non-hydrogen) atoms. The van der Waals surface area contributed by atoms with E-state index in [0.29, 0.717) is 12.1 Å². The number of benzene rings is 2. The molecule has 2 aromatic carbocycles. The van der Waals surface area contributed by atoms with Crippen molar-refractivity contribution in [1.29, 1.82) is 0 Å². The first-order valence-corrected chi connectivity index (χ1v) is 12.2. The predicted molar refractivity (Wildman–Crippen MR) is 132 cm³/mol. The van der Waals surface area contributed by atoms with Crippen LogP contribution in [0.5, 0.6) is 5.75 Å². The number of fused-ring (bicyclic) bond motifs is 3. The Balaban J connectivity index is 1.12. The molecule has 2 aliphatic heterocycles. The molecule has 1 saturated carbocycles. The molecular formula is C27H28N6O. The van der Waals surface area contributed by atoms with Gasteiger partial charge < -0.3 is 9.64 Å². The molecule has 4 heterocycles. The van der Waals surface area contributed by atoms with Gasteiger partial charge in [0.1, 0.15) is 29.2 Å². The van der Waals surface area contributed by atoms with Crippen LogP contribution < -0.4 is 9.64 Å². The molecule has 2 saturated heterocycles. The van der Waals surface area contributed by atoms with Crippen molar-refractivity contribution in [2.24, 2.45) is 0 Å². The zero-order chi connectivity index (χ0) is 22.7. The van der Waals surface area contributed by atoms with E-state index >= 15 is 0 Å². The van der Waals surface area contributed by atoms with Crippen molar-refractivity contribution in [1.82, 2.24) is 25.1 Å². The lowest BCUT2D eigenvalue weighted by Crippen LogP contribution is -2.46. The van der Waals surface area contributed by atoms with Crippen molar-refractivity contribution < 1.29 is 4.74 Å². The van der Waals surface area contributed by atoms with E-state index < -0.39 is 0 Å². The number of nitrogens with one attached hydrogen (secondary N) is 1. The first kappa shape index (κ1) is 20.0. The van der Waals surface area contributed by atoms with Gasteiger partial charge in [0, 0.05) is 43.2 Å². The molecule has 7 heteroatoms. The molecule has 0 spiro atoms. The van der Waals surface area contributed by atoms with Crippen molar-refractivity contribution in [3.8, 4) is 17.1 Å². The Morgan fingerprint density at radius 2 is 1.91 bits per heavy atom. The van der Waals surface area contributed by atoms with Crippen molar-refractivity contribution >= 4 is 16.7 Å². The average molecular weight is 453 g/mol. The molecule has 3 fully saturated rings. The largest absolute Gasteiger partial charge is 0.488 e. The van der Waals surface area contributed by atoms with Crippen LogP contribution in [0.1, 0.15) is 31.7 Å². The van der Waals surface area contributed by atoms with Crippen LogP contribution in [-0.2, 0) is 6.54 Å². The normalized spacial score (nSPS) is 23.0. The van der Waals surface area contributed by atoms with Gasteiger partial charge in [0.2, 0.25) is 0 Å². The molecule has 0 radical (unpaired) electrons. The number of ether oxygens (including phenoxy) is 1. The molecule has 1 aliphatic carbocycles. The van der Waals surface area contributed by atoms with E-state index in [-0.39, 0.29) is 5.60 Å². The minimum atomic E-state index is -0.0108. The standard InChI is InChI=1S/C27H28N6O/c1-27(9-10-27)34-21-7-8-23-22(12-21)26(31-30-23)24-13-25(29-17-28-24)33-16-19-11-20(33)15-32(19)14-18-5-3-2-4-6-18/h2-8,12-13,17,19-20H,9-11,14-16H2,1H3,(H,30,31). The predicted octanol–water partition coefficient (Wildman–Crippen LogP) is 4.41. The van der Waals surface area contributed by atoms with Crippen LogP contribution in [0.2, 0.25) is 0 Å². The number of anilines is 1. The Hall–Kier alpha value is -3.45. The number of aromatic amines is 1. The van der Waals surface area contributed by atoms with Gasteiger partial charge in [-0.05, 0) is 49.9 Å². The number of aromatic nitrogens is 4. The molecule has 172 valence electrons. The summed E-state index contributed by atoms with van der Waals surface area (Å²) in [7, 11) is 0. The molecule has 0 amide bonds. The number of H-pyrrole nitrogens is 1. The quantitative estimate of drug-likeness (QED) is 0.467. The lowest BCUT2D eigenvalue weighted by Gasteiger charge is -2.35. The lowest BCUT2D eigenvalue weighted by molar-refractivity contribution is 0.200. The number of piperazine rings is 1. The maximum Gasteiger partial charge on any atom is 0.132 e. The van der Waals surface area contributed by atoms with Gasteiger partial charge in [-0.15, -0.1) is 0 Å². The van der Waals surface area contributed by atoms with E-state index in [9.17, 15) is 0 Å². The van der Waals surface area contributed by atoms with Gasteiger partial charge >= 0.3 is 0 Å². The minimum Gasteiger partial charge on any atom is -0.488 e. The Bertz CT molecular complexity index is 1350. The van der Waals surface area contributed by atoms with Crippen molar-refractivity contribution in [2.75, 3.05) is 18.0 Å². The lowest BCUT2D eigenvalue weighted by atomic mass is 10.1. The van der Waals surface area contributed by atoms with Gasteiger partial charge in [-0.3, -0.25) is 10.00 Å². The summed E-state index contributed by atoms with van der Waals surface area (Å²) in [6, 6.07) is 20.1. The van der Waals surface area contributed by atoms with E-state index in [4.69, 9.17) is 4.74 Å². The number of hydrogen-bond donors (Lipinski definition) is 1. The van der Waals surface area contributed by atoms with E-state index in [0.717, 1.165) is 66.3 Å². The van der Waals surface area contributed by atoms with E-state index in [1.54, 1.807) is 6.33 Å². The number of hydrogen-bond acceptors (Lipinski definition) is 6. The molecule has 7 rings (SSSR count). The summed E-state index contributed by atoms with van der Waals surface area (Å²) in [5.74, 6) is 1.88. The molecule has 2 unspecified atom stereocenters. The highest BCUT2D eigenvalue weighted by atomic mass is 16.5. The third kappa shape index (κ3) is 3.51. The fraction of sp³-hybridized carbons (Fsp3) is 0.370. The molecule has 4 aromatic rings.